The summed E-state index contributed by atoms with van der Waals surface area (Å²) < 4.78 is 27.6. The highest BCUT2D eigenvalue weighted by Gasteiger charge is 2.12. The Morgan fingerprint density at radius 3 is 2.40 bits per heavy atom. The van der Waals surface area contributed by atoms with E-state index in [-0.39, 0.29) is 24.5 Å². The second-order valence-electron chi connectivity index (χ2n) is 3.76. The second-order valence-corrected chi connectivity index (χ2v) is 6.07. The maximum Gasteiger partial charge on any atom is 0.304 e. The molecule has 0 rings (SSSR count). The van der Waals surface area contributed by atoms with Gasteiger partial charge in [0, 0.05) is 6.61 Å². The molecule has 0 saturated carbocycles. The van der Waals surface area contributed by atoms with Gasteiger partial charge in [-0.15, -0.1) is 0 Å². The number of aliphatic carboxylic acids is 1. The minimum atomic E-state index is -3.28. The van der Waals surface area contributed by atoms with Crippen LogP contribution in [-0.2, 0) is 19.4 Å². The molecule has 0 radical (unpaired) electrons. The number of carboxylic acid groups (broad SMARTS) is 1. The van der Waals surface area contributed by atoms with Crippen molar-refractivity contribution in [2.75, 3.05) is 24.7 Å². The highest BCUT2D eigenvalue weighted by atomic mass is 32.2. The lowest BCUT2D eigenvalue weighted by molar-refractivity contribution is -0.136. The van der Waals surface area contributed by atoms with Gasteiger partial charge in [-0.1, -0.05) is 13.8 Å². The molecule has 5 nitrogen and oxygen atoms in total. The fraction of sp³-hybridized carbons (Fsp3) is 0.889. The Balaban J connectivity index is 3.70. The molecule has 15 heavy (non-hydrogen) atoms. The van der Waals surface area contributed by atoms with Gasteiger partial charge in [-0.2, -0.15) is 0 Å². The number of hydrogen-bond acceptors (Lipinski definition) is 4. The van der Waals surface area contributed by atoms with Crippen LogP contribution >= 0.6 is 0 Å². The zero-order chi connectivity index (χ0) is 11.9. The average Bonchev–Trinajstić information content (AvgIpc) is 2.09. The molecule has 0 amide bonds. The van der Waals surface area contributed by atoms with E-state index in [1.54, 1.807) is 0 Å². The summed E-state index contributed by atoms with van der Waals surface area (Å²) in [5.74, 6) is -1.14. The third-order valence-electron chi connectivity index (χ3n) is 1.62. The van der Waals surface area contributed by atoms with E-state index in [2.05, 4.69) is 0 Å². The Morgan fingerprint density at radius 2 is 1.93 bits per heavy atom. The molecule has 0 saturated heterocycles. The first kappa shape index (κ1) is 14.4. The lowest BCUT2D eigenvalue weighted by Gasteiger charge is -2.06. The topological polar surface area (TPSA) is 80.7 Å². The maximum atomic E-state index is 11.2. The Kier molecular flexibility index (Phi) is 6.51. The fourth-order valence-corrected chi connectivity index (χ4v) is 1.91. The minimum absolute atomic E-state index is 0.104. The summed E-state index contributed by atoms with van der Waals surface area (Å²) in [6, 6.07) is 0. The standard InChI is InChI=1S/C9H18O5S/c1-8(2)7-14-4-6-15(12,13)5-3-9(10)11/h8H,3-7H2,1-2H3,(H,10,11). The molecule has 0 aliphatic heterocycles. The monoisotopic (exact) mass is 238 g/mol. The van der Waals surface area contributed by atoms with E-state index in [1.807, 2.05) is 13.8 Å². The molecule has 0 fully saturated rings. The van der Waals surface area contributed by atoms with Crippen LogP contribution < -0.4 is 0 Å². The van der Waals surface area contributed by atoms with Crippen molar-refractivity contribution < 1.29 is 23.1 Å². The highest BCUT2D eigenvalue weighted by molar-refractivity contribution is 7.91. The zero-order valence-corrected chi connectivity index (χ0v) is 9.92. The van der Waals surface area contributed by atoms with Crippen molar-refractivity contribution in [3.05, 3.63) is 0 Å². The number of ether oxygens (including phenoxy) is 1. The van der Waals surface area contributed by atoms with Crippen LogP contribution in [0, 0.1) is 5.92 Å². The third-order valence-corrected chi connectivity index (χ3v) is 3.23. The maximum absolute atomic E-state index is 11.2. The van der Waals surface area contributed by atoms with Crippen molar-refractivity contribution in [1.82, 2.24) is 0 Å². The van der Waals surface area contributed by atoms with Crippen LogP contribution in [0.25, 0.3) is 0 Å². The van der Waals surface area contributed by atoms with Gasteiger partial charge in [0.25, 0.3) is 0 Å². The predicted octanol–water partition coefficient (Wildman–Crippen LogP) is 0.548. The number of carboxylic acids is 1. The normalized spacial score (nSPS) is 11.9. The number of rotatable bonds is 8. The highest BCUT2D eigenvalue weighted by Crippen LogP contribution is 1.97. The molecule has 0 aliphatic rings. The molecule has 0 aromatic carbocycles. The van der Waals surface area contributed by atoms with E-state index in [4.69, 9.17) is 9.84 Å². The van der Waals surface area contributed by atoms with Crippen molar-refractivity contribution in [2.45, 2.75) is 20.3 Å². The molecular weight excluding hydrogens is 220 g/mol. The van der Waals surface area contributed by atoms with Gasteiger partial charge in [0.15, 0.2) is 9.84 Å². The van der Waals surface area contributed by atoms with Crippen LogP contribution in [0.15, 0.2) is 0 Å². The Labute approximate surface area is 90.4 Å². The average molecular weight is 238 g/mol. The van der Waals surface area contributed by atoms with E-state index in [0.717, 1.165) is 0 Å². The summed E-state index contributed by atoms with van der Waals surface area (Å²) in [7, 11) is -3.28. The molecule has 6 heteroatoms. The van der Waals surface area contributed by atoms with E-state index < -0.39 is 15.8 Å². The van der Waals surface area contributed by atoms with E-state index in [0.29, 0.717) is 12.5 Å². The van der Waals surface area contributed by atoms with Gasteiger partial charge in [0.2, 0.25) is 0 Å². The van der Waals surface area contributed by atoms with Gasteiger partial charge in [0.1, 0.15) is 0 Å². The van der Waals surface area contributed by atoms with Crippen molar-refractivity contribution in [3.63, 3.8) is 0 Å². The van der Waals surface area contributed by atoms with E-state index in [1.165, 1.54) is 0 Å². The molecule has 0 aromatic rings. The lowest BCUT2D eigenvalue weighted by Crippen LogP contribution is -2.18. The molecule has 0 spiro atoms. The van der Waals surface area contributed by atoms with Crippen LogP contribution in [0.2, 0.25) is 0 Å². The van der Waals surface area contributed by atoms with Crippen LogP contribution in [-0.4, -0.2) is 44.2 Å². The number of hydrogen-bond donors (Lipinski definition) is 1. The number of carbonyl (C=O) groups is 1. The van der Waals surface area contributed by atoms with Crippen molar-refractivity contribution >= 4 is 15.8 Å². The molecule has 1 N–H and O–H groups in total. The molecule has 0 aromatic heterocycles. The molecule has 0 heterocycles. The van der Waals surface area contributed by atoms with Gasteiger partial charge in [-0.05, 0) is 5.92 Å². The van der Waals surface area contributed by atoms with Crippen molar-refractivity contribution in [1.29, 1.82) is 0 Å². The second kappa shape index (κ2) is 6.79. The zero-order valence-electron chi connectivity index (χ0n) is 9.10. The molecule has 0 aliphatic carbocycles. The Hall–Kier alpha value is -0.620. The molecule has 90 valence electrons. The quantitative estimate of drug-likeness (QED) is 0.624. The van der Waals surface area contributed by atoms with Crippen molar-refractivity contribution in [2.24, 2.45) is 5.92 Å². The first-order valence-electron chi connectivity index (χ1n) is 4.83. The van der Waals surface area contributed by atoms with Gasteiger partial charge in [-0.25, -0.2) is 8.42 Å². The summed E-state index contributed by atoms with van der Waals surface area (Å²) in [4.78, 5) is 10.2. The molecule has 0 atom stereocenters. The van der Waals surface area contributed by atoms with Crippen molar-refractivity contribution in [3.8, 4) is 0 Å². The Morgan fingerprint density at radius 1 is 1.33 bits per heavy atom. The molecule has 0 bridgehead atoms. The van der Waals surface area contributed by atoms with Crippen LogP contribution in [0.5, 0.6) is 0 Å². The van der Waals surface area contributed by atoms with Crippen LogP contribution in [0.1, 0.15) is 20.3 Å². The lowest BCUT2D eigenvalue weighted by atomic mass is 10.2. The minimum Gasteiger partial charge on any atom is -0.481 e. The molecule has 0 unspecified atom stereocenters. The van der Waals surface area contributed by atoms with Crippen LogP contribution in [0.4, 0.5) is 0 Å². The first-order valence-corrected chi connectivity index (χ1v) is 6.65. The fourth-order valence-electron chi connectivity index (χ4n) is 0.850. The summed E-state index contributed by atoms with van der Waals surface area (Å²) in [5.41, 5.74) is 0. The Bertz CT molecular complexity index is 281. The predicted molar refractivity (Wildman–Crippen MR) is 56.6 cm³/mol. The van der Waals surface area contributed by atoms with E-state index in [9.17, 15) is 13.2 Å². The van der Waals surface area contributed by atoms with Gasteiger partial charge in [-0.3, -0.25) is 4.79 Å². The SMILES string of the molecule is CC(C)COCCS(=O)(=O)CCC(=O)O. The van der Waals surface area contributed by atoms with Crippen LogP contribution in [0.3, 0.4) is 0 Å². The summed E-state index contributed by atoms with van der Waals surface area (Å²) in [5, 5.41) is 8.33. The largest absolute Gasteiger partial charge is 0.481 e. The van der Waals surface area contributed by atoms with E-state index >= 15 is 0 Å². The first-order chi connectivity index (χ1) is 6.83. The molecular formula is C9H18O5S. The summed E-state index contributed by atoms with van der Waals surface area (Å²) in [6.07, 6.45) is -0.341. The third kappa shape index (κ3) is 9.68. The summed E-state index contributed by atoms with van der Waals surface area (Å²) >= 11 is 0. The smallest absolute Gasteiger partial charge is 0.304 e. The van der Waals surface area contributed by atoms with Gasteiger partial charge in [0.05, 0.1) is 24.5 Å². The van der Waals surface area contributed by atoms with Gasteiger partial charge < -0.3 is 9.84 Å². The number of sulfone groups is 1. The summed E-state index contributed by atoms with van der Waals surface area (Å²) in [6.45, 7) is 4.60. The van der Waals surface area contributed by atoms with Gasteiger partial charge >= 0.3 is 5.97 Å².